The summed E-state index contributed by atoms with van der Waals surface area (Å²) >= 11 is 0. The Bertz CT molecular complexity index is 770. The fourth-order valence-corrected chi connectivity index (χ4v) is 3.46. The van der Waals surface area contributed by atoms with E-state index in [1.165, 1.54) is 24.0 Å². The van der Waals surface area contributed by atoms with Gasteiger partial charge in [-0.15, -0.1) is 0 Å². The molecule has 1 aromatic heterocycles. The summed E-state index contributed by atoms with van der Waals surface area (Å²) in [4.78, 5) is 21.4. The summed E-state index contributed by atoms with van der Waals surface area (Å²) in [5.41, 5.74) is 3.85. The molecule has 0 radical (unpaired) electrons. The number of ether oxygens (including phenoxy) is 1. The van der Waals surface area contributed by atoms with E-state index in [4.69, 9.17) is 4.74 Å². The molecule has 1 aliphatic heterocycles. The zero-order valence-corrected chi connectivity index (χ0v) is 15.9. The maximum absolute atomic E-state index is 12.9. The van der Waals surface area contributed by atoms with Crippen LogP contribution >= 0.6 is 0 Å². The number of benzene rings is 1. The molecule has 1 saturated heterocycles. The minimum atomic E-state index is -0.0525. The van der Waals surface area contributed by atoms with E-state index >= 15 is 0 Å². The molecule has 1 fully saturated rings. The van der Waals surface area contributed by atoms with Crippen LogP contribution in [-0.2, 0) is 13.1 Å². The van der Waals surface area contributed by atoms with E-state index in [1.807, 2.05) is 20.0 Å². The molecule has 138 valence electrons. The quantitative estimate of drug-likeness (QED) is 0.800. The van der Waals surface area contributed by atoms with Gasteiger partial charge >= 0.3 is 0 Å². The predicted molar refractivity (Wildman–Crippen MR) is 102 cm³/mol. The Morgan fingerprint density at radius 1 is 1.23 bits per heavy atom. The third-order valence-electron chi connectivity index (χ3n) is 4.92. The second-order valence-electron chi connectivity index (χ2n) is 6.94. The van der Waals surface area contributed by atoms with Gasteiger partial charge in [-0.25, -0.2) is 0 Å². The fraction of sp³-hybridized carbons (Fsp3) is 0.429. The Hall–Kier alpha value is -2.40. The highest BCUT2D eigenvalue weighted by Gasteiger charge is 2.19. The topological polar surface area (TPSA) is 45.7 Å². The fourth-order valence-electron chi connectivity index (χ4n) is 3.46. The van der Waals surface area contributed by atoms with Crippen LogP contribution in [0.25, 0.3) is 0 Å². The highest BCUT2D eigenvalue weighted by Crippen LogP contribution is 2.22. The van der Waals surface area contributed by atoms with E-state index in [0.29, 0.717) is 17.9 Å². The number of methoxy groups -OCH3 is 1. The van der Waals surface area contributed by atoms with Crippen LogP contribution in [0.3, 0.4) is 0 Å². The lowest BCUT2D eigenvalue weighted by Gasteiger charge is -2.22. The smallest absolute Gasteiger partial charge is 0.257 e. The van der Waals surface area contributed by atoms with Gasteiger partial charge in [0.2, 0.25) is 0 Å². The number of carbonyl (C=O) groups excluding carboxylic acids is 1. The van der Waals surface area contributed by atoms with Crippen molar-refractivity contribution in [3.05, 3.63) is 58.9 Å². The molecule has 5 heteroatoms. The Kier molecular flexibility index (Phi) is 5.89. The molecule has 2 heterocycles. The molecule has 0 atom stereocenters. The van der Waals surface area contributed by atoms with Gasteiger partial charge in [-0.3, -0.25) is 14.7 Å². The van der Waals surface area contributed by atoms with E-state index in [0.717, 1.165) is 25.3 Å². The average Bonchev–Trinajstić information content (AvgIpc) is 3.15. The molecule has 0 saturated carbocycles. The molecule has 0 bridgehead atoms. The maximum atomic E-state index is 12.9. The number of nitrogens with zero attached hydrogens (tertiary/aromatic N) is 3. The van der Waals surface area contributed by atoms with Crippen molar-refractivity contribution in [2.75, 3.05) is 27.2 Å². The molecule has 2 aromatic rings. The van der Waals surface area contributed by atoms with E-state index < -0.39 is 0 Å². The molecule has 3 rings (SSSR count). The first-order valence-electron chi connectivity index (χ1n) is 9.13. The van der Waals surface area contributed by atoms with Gasteiger partial charge in [0.25, 0.3) is 5.91 Å². The van der Waals surface area contributed by atoms with Crippen molar-refractivity contribution in [2.24, 2.45) is 0 Å². The first-order valence-corrected chi connectivity index (χ1v) is 9.13. The van der Waals surface area contributed by atoms with Crippen molar-refractivity contribution in [3.8, 4) is 5.75 Å². The summed E-state index contributed by atoms with van der Waals surface area (Å²) in [5, 5.41) is 0. The Morgan fingerprint density at radius 2 is 1.92 bits per heavy atom. The molecule has 0 spiro atoms. The van der Waals surface area contributed by atoms with Crippen molar-refractivity contribution in [3.63, 3.8) is 0 Å². The molecule has 0 N–H and O–H groups in total. The lowest BCUT2D eigenvalue weighted by molar-refractivity contribution is 0.0781. The van der Waals surface area contributed by atoms with Crippen LogP contribution in [-0.4, -0.2) is 47.9 Å². The van der Waals surface area contributed by atoms with Gasteiger partial charge < -0.3 is 9.64 Å². The number of amides is 1. The van der Waals surface area contributed by atoms with Crippen LogP contribution in [0.4, 0.5) is 0 Å². The van der Waals surface area contributed by atoms with Crippen LogP contribution in [0, 0.1) is 6.92 Å². The van der Waals surface area contributed by atoms with E-state index in [9.17, 15) is 4.79 Å². The normalized spacial score (nSPS) is 14.4. The number of likely N-dealkylation sites (tertiary alicyclic amines) is 1. The second-order valence-corrected chi connectivity index (χ2v) is 6.94. The van der Waals surface area contributed by atoms with Crippen molar-refractivity contribution >= 4 is 5.91 Å². The zero-order chi connectivity index (χ0) is 18.5. The number of carbonyl (C=O) groups is 1. The van der Waals surface area contributed by atoms with E-state index in [2.05, 4.69) is 28.1 Å². The van der Waals surface area contributed by atoms with Gasteiger partial charge in [0.15, 0.2) is 0 Å². The summed E-state index contributed by atoms with van der Waals surface area (Å²) in [6.07, 6.45) is 4.17. The number of hydrogen-bond donors (Lipinski definition) is 0. The Labute approximate surface area is 155 Å². The Balaban J connectivity index is 1.76. The van der Waals surface area contributed by atoms with E-state index in [-0.39, 0.29) is 5.91 Å². The lowest BCUT2D eigenvalue weighted by Crippen LogP contribution is -2.28. The molecule has 1 amide bonds. The summed E-state index contributed by atoms with van der Waals surface area (Å²) < 4.78 is 5.32. The van der Waals surface area contributed by atoms with Crippen LogP contribution in [0.5, 0.6) is 5.75 Å². The van der Waals surface area contributed by atoms with Crippen molar-refractivity contribution in [2.45, 2.75) is 32.9 Å². The summed E-state index contributed by atoms with van der Waals surface area (Å²) in [5.74, 6) is 0.459. The number of aromatic nitrogens is 1. The van der Waals surface area contributed by atoms with Crippen LogP contribution in [0.15, 0.2) is 36.5 Å². The van der Waals surface area contributed by atoms with Crippen molar-refractivity contribution < 1.29 is 9.53 Å². The van der Waals surface area contributed by atoms with Crippen molar-refractivity contribution in [1.29, 1.82) is 0 Å². The molecule has 1 aliphatic rings. The average molecular weight is 353 g/mol. The number of rotatable bonds is 6. The largest absolute Gasteiger partial charge is 0.494 e. The van der Waals surface area contributed by atoms with Crippen molar-refractivity contribution in [1.82, 2.24) is 14.8 Å². The number of aryl methyl sites for hydroxylation is 1. The van der Waals surface area contributed by atoms with Gasteiger partial charge in [-0.05, 0) is 50.0 Å². The molecule has 1 aromatic carbocycles. The summed E-state index contributed by atoms with van der Waals surface area (Å²) in [6.45, 7) is 5.73. The minimum Gasteiger partial charge on any atom is -0.494 e. The molecular weight excluding hydrogens is 326 g/mol. The maximum Gasteiger partial charge on any atom is 0.257 e. The van der Waals surface area contributed by atoms with E-state index in [1.54, 1.807) is 24.3 Å². The zero-order valence-electron chi connectivity index (χ0n) is 15.9. The minimum absolute atomic E-state index is 0.0525. The Morgan fingerprint density at radius 3 is 2.62 bits per heavy atom. The highest BCUT2D eigenvalue weighted by atomic mass is 16.5. The third-order valence-corrected chi connectivity index (χ3v) is 4.92. The summed E-state index contributed by atoms with van der Waals surface area (Å²) in [7, 11) is 3.40. The highest BCUT2D eigenvalue weighted by molar-refractivity contribution is 5.96. The van der Waals surface area contributed by atoms with Gasteiger partial charge in [0.05, 0.1) is 18.9 Å². The van der Waals surface area contributed by atoms with Crippen LogP contribution in [0.2, 0.25) is 0 Å². The molecule has 26 heavy (non-hydrogen) atoms. The first kappa shape index (κ1) is 18.4. The molecule has 0 unspecified atom stereocenters. The van der Waals surface area contributed by atoms with Gasteiger partial charge in [0, 0.05) is 25.8 Å². The SMILES string of the molecule is COc1cnc(C)cc1C(=O)N(C)Cc1ccccc1CN1CCCC1. The number of hydrogen-bond acceptors (Lipinski definition) is 4. The molecule has 5 nitrogen and oxygen atoms in total. The first-order chi connectivity index (χ1) is 12.6. The third kappa shape index (κ3) is 4.22. The van der Waals surface area contributed by atoms with Gasteiger partial charge in [-0.2, -0.15) is 0 Å². The molecule has 0 aliphatic carbocycles. The predicted octanol–water partition coefficient (Wildman–Crippen LogP) is 3.27. The second kappa shape index (κ2) is 8.32. The van der Waals surface area contributed by atoms with Crippen LogP contribution in [0.1, 0.15) is 40.0 Å². The monoisotopic (exact) mass is 353 g/mol. The van der Waals surface area contributed by atoms with Crippen LogP contribution < -0.4 is 4.74 Å². The lowest BCUT2D eigenvalue weighted by atomic mass is 10.1. The standard InChI is InChI=1S/C21H27N3O2/c1-16-12-19(20(26-3)13-22-16)21(25)23(2)14-17-8-4-5-9-18(17)15-24-10-6-7-11-24/h4-5,8-9,12-13H,6-7,10-11,14-15H2,1-3H3. The number of pyridine rings is 1. The van der Waals surface area contributed by atoms with Gasteiger partial charge in [-0.1, -0.05) is 24.3 Å². The molecular formula is C21H27N3O2. The summed E-state index contributed by atoms with van der Waals surface area (Å²) in [6, 6.07) is 10.2. The van der Waals surface area contributed by atoms with Gasteiger partial charge in [0.1, 0.15) is 5.75 Å².